The minimum atomic E-state index is -0.199. The number of likely N-dealkylation sites (tertiary alicyclic amines) is 1. The zero-order valence-electron chi connectivity index (χ0n) is 11.4. The summed E-state index contributed by atoms with van der Waals surface area (Å²) in [5.41, 5.74) is 1.11. The third-order valence-corrected chi connectivity index (χ3v) is 3.51. The number of carbonyl (C=O) groups excluding carboxylic acids is 1. The second-order valence-corrected chi connectivity index (χ2v) is 5.12. The van der Waals surface area contributed by atoms with Crippen molar-refractivity contribution in [3.63, 3.8) is 0 Å². The van der Waals surface area contributed by atoms with Gasteiger partial charge in [-0.1, -0.05) is 19.1 Å². The van der Waals surface area contributed by atoms with Gasteiger partial charge in [0.25, 0.3) is 0 Å². The first-order chi connectivity index (χ1) is 9.17. The zero-order valence-corrected chi connectivity index (χ0v) is 11.4. The quantitative estimate of drug-likeness (QED) is 0.905. The first kappa shape index (κ1) is 14.0. The number of nitrogens with zero attached hydrogens (tertiary/aromatic N) is 1. The topological polar surface area (TPSA) is 32.3 Å². The number of nitrogens with one attached hydrogen (secondary N) is 1. The average molecular weight is 264 g/mol. The van der Waals surface area contributed by atoms with Crippen LogP contribution < -0.4 is 5.32 Å². The van der Waals surface area contributed by atoms with Gasteiger partial charge < -0.3 is 5.32 Å². The summed E-state index contributed by atoms with van der Waals surface area (Å²) in [5.74, 6) is -0.0795. The standard InChI is InChI=1S/C15H21FN2O/c1-2-15(19)17-14-4-3-9-18(11-14)10-12-5-7-13(16)8-6-12/h5-8,14H,2-4,9-11H2,1H3,(H,17,19). The predicted octanol–water partition coefficient (Wildman–Crippen LogP) is 2.32. The summed E-state index contributed by atoms with van der Waals surface area (Å²) in [5, 5.41) is 3.05. The average Bonchev–Trinajstić information content (AvgIpc) is 2.42. The molecule has 1 fully saturated rings. The highest BCUT2D eigenvalue weighted by atomic mass is 19.1. The van der Waals surface area contributed by atoms with Crippen LogP contribution in [0.5, 0.6) is 0 Å². The van der Waals surface area contributed by atoms with Crippen molar-refractivity contribution >= 4 is 5.91 Å². The fourth-order valence-corrected chi connectivity index (χ4v) is 2.49. The summed E-state index contributed by atoms with van der Waals surface area (Å²) in [6, 6.07) is 6.89. The zero-order chi connectivity index (χ0) is 13.7. The molecule has 1 saturated heterocycles. The number of carbonyl (C=O) groups is 1. The second-order valence-electron chi connectivity index (χ2n) is 5.12. The van der Waals surface area contributed by atoms with Gasteiger partial charge >= 0.3 is 0 Å². The summed E-state index contributed by atoms with van der Waals surface area (Å²) in [6.45, 7) is 4.60. The third kappa shape index (κ3) is 4.31. The molecule has 0 aliphatic carbocycles. The van der Waals surface area contributed by atoms with Crippen LogP contribution in [0, 0.1) is 5.82 Å². The van der Waals surface area contributed by atoms with Crippen molar-refractivity contribution in [2.45, 2.75) is 38.8 Å². The van der Waals surface area contributed by atoms with E-state index >= 15 is 0 Å². The molecule has 1 heterocycles. The maximum absolute atomic E-state index is 12.8. The van der Waals surface area contributed by atoms with E-state index in [0.29, 0.717) is 6.42 Å². The largest absolute Gasteiger partial charge is 0.352 e. The summed E-state index contributed by atoms with van der Waals surface area (Å²) in [7, 11) is 0. The van der Waals surface area contributed by atoms with E-state index in [-0.39, 0.29) is 17.8 Å². The van der Waals surface area contributed by atoms with Crippen molar-refractivity contribution in [3.8, 4) is 0 Å². The molecule has 3 nitrogen and oxygen atoms in total. The van der Waals surface area contributed by atoms with Crippen LogP contribution in [0.15, 0.2) is 24.3 Å². The number of rotatable bonds is 4. The van der Waals surface area contributed by atoms with Gasteiger partial charge in [-0.3, -0.25) is 9.69 Å². The number of benzene rings is 1. The Balaban J connectivity index is 1.87. The molecule has 0 aromatic heterocycles. The van der Waals surface area contributed by atoms with Crippen molar-refractivity contribution in [1.29, 1.82) is 0 Å². The van der Waals surface area contributed by atoms with E-state index < -0.39 is 0 Å². The van der Waals surface area contributed by atoms with Gasteiger partial charge in [-0.15, -0.1) is 0 Å². The molecule has 0 bridgehead atoms. The fourth-order valence-electron chi connectivity index (χ4n) is 2.49. The Morgan fingerprint density at radius 1 is 1.42 bits per heavy atom. The Hall–Kier alpha value is -1.42. The van der Waals surface area contributed by atoms with Gasteiger partial charge in [0, 0.05) is 25.6 Å². The highest BCUT2D eigenvalue weighted by molar-refractivity contribution is 5.75. The molecule has 1 N–H and O–H groups in total. The van der Waals surface area contributed by atoms with Crippen molar-refractivity contribution in [3.05, 3.63) is 35.6 Å². The molecule has 1 aliphatic rings. The van der Waals surface area contributed by atoms with E-state index in [1.165, 1.54) is 12.1 Å². The lowest BCUT2D eigenvalue weighted by atomic mass is 10.0. The molecule has 2 rings (SSSR count). The van der Waals surface area contributed by atoms with Crippen LogP contribution >= 0.6 is 0 Å². The maximum Gasteiger partial charge on any atom is 0.219 e. The van der Waals surface area contributed by atoms with Crippen LogP contribution in [-0.4, -0.2) is 29.9 Å². The molecule has 104 valence electrons. The van der Waals surface area contributed by atoms with Gasteiger partial charge in [0.05, 0.1) is 0 Å². The van der Waals surface area contributed by atoms with Gasteiger partial charge in [-0.05, 0) is 37.1 Å². The first-order valence-electron chi connectivity index (χ1n) is 6.93. The SMILES string of the molecule is CCC(=O)NC1CCCN(Cc2ccc(F)cc2)C1. The molecule has 0 saturated carbocycles. The minimum Gasteiger partial charge on any atom is -0.352 e. The van der Waals surface area contributed by atoms with E-state index in [1.807, 2.05) is 19.1 Å². The van der Waals surface area contributed by atoms with Crippen LogP contribution in [-0.2, 0) is 11.3 Å². The lowest BCUT2D eigenvalue weighted by molar-refractivity contribution is -0.121. The van der Waals surface area contributed by atoms with Crippen molar-refractivity contribution in [1.82, 2.24) is 10.2 Å². The van der Waals surface area contributed by atoms with E-state index in [9.17, 15) is 9.18 Å². The fraction of sp³-hybridized carbons (Fsp3) is 0.533. The van der Waals surface area contributed by atoms with Crippen molar-refractivity contribution in [2.24, 2.45) is 0 Å². The molecule has 4 heteroatoms. The molecule has 1 aromatic rings. The number of halogens is 1. The Labute approximate surface area is 113 Å². The van der Waals surface area contributed by atoms with Crippen LogP contribution in [0.25, 0.3) is 0 Å². The number of amides is 1. The van der Waals surface area contributed by atoms with Crippen molar-refractivity contribution in [2.75, 3.05) is 13.1 Å². The normalized spacial score (nSPS) is 20.2. The summed E-state index contributed by atoms with van der Waals surface area (Å²) < 4.78 is 12.8. The number of piperidine rings is 1. The van der Waals surface area contributed by atoms with E-state index in [0.717, 1.165) is 38.0 Å². The minimum absolute atomic E-state index is 0.119. The number of hydrogen-bond acceptors (Lipinski definition) is 2. The molecular formula is C15H21FN2O. The first-order valence-corrected chi connectivity index (χ1v) is 6.93. The lowest BCUT2D eigenvalue weighted by Gasteiger charge is -2.33. The summed E-state index contributed by atoms with van der Waals surface area (Å²) >= 11 is 0. The molecule has 19 heavy (non-hydrogen) atoms. The van der Waals surface area contributed by atoms with Gasteiger partial charge in [0.1, 0.15) is 5.82 Å². The predicted molar refractivity (Wildman–Crippen MR) is 73.1 cm³/mol. The molecule has 1 aromatic carbocycles. The van der Waals surface area contributed by atoms with Gasteiger partial charge in [-0.2, -0.15) is 0 Å². The molecule has 1 atom stereocenters. The lowest BCUT2D eigenvalue weighted by Crippen LogP contribution is -2.47. The van der Waals surface area contributed by atoms with Crippen LogP contribution in [0.1, 0.15) is 31.7 Å². The Bertz CT molecular complexity index is 419. The van der Waals surface area contributed by atoms with Crippen molar-refractivity contribution < 1.29 is 9.18 Å². The Morgan fingerprint density at radius 2 is 2.16 bits per heavy atom. The van der Waals surface area contributed by atoms with E-state index in [4.69, 9.17) is 0 Å². The third-order valence-electron chi connectivity index (χ3n) is 3.51. The maximum atomic E-state index is 12.8. The van der Waals surface area contributed by atoms with Gasteiger partial charge in [-0.25, -0.2) is 4.39 Å². The van der Waals surface area contributed by atoms with Gasteiger partial charge in [0.2, 0.25) is 5.91 Å². The molecule has 1 amide bonds. The smallest absolute Gasteiger partial charge is 0.219 e. The molecule has 0 spiro atoms. The molecule has 1 aliphatic heterocycles. The number of hydrogen-bond donors (Lipinski definition) is 1. The molecule has 0 radical (unpaired) electrons. The van der Waals surface area contributed by atoms with Gasteiger partial charge in [0.15, 0.2) is 0 Å². The van der Waals surface area contributed by atoms with E-state index in [2.05, 4.69) is 10.2 Å². The molecule has 1 unspecified atom stereocenters. The Kier molecular flexibility index (Phi) is 4.91. The summed E-state index contributed by atoms with van der Waals surface area (Å²) in [4.78, 5) is 13.7. The van der Waals surface area contributed by atoms with Crippen LogP contribution in [0.4, 0.5) is 4.39 Å². The highest BCUT2D eigenvalue weighted by Gasteiger charge is 2.20. The second kappa shape index (κ2) is 6.66. The monoisotopic (exact) mass is 264 g/mol. The molecular weight excluding hydrogens is 243 g/mol. The van der Waals surface area contributed by atoms with Crippen LogP contribution in [0.3, 0.4) is 0 Å². The summed E-state index contributed by atoms with van der Waals surface area (Å²) in [6.07, 6.45) is 2.68. The van der Waals surface area contributed by atoms with Crippen LogP contribution in [0.2, 0.25) is 0 Å². The van der Waals surface area contributed by atoms with E-state index in [1.54, 1.807) is 0 Å². The Morgan fingerprint density at radius 3 is 2.84 bits per heavy atom. The highest BCUT2D eigenvalue weighted by Crippen LogP contribution is 2.14.